The van der Waals surface area contributed by atoms with Crippen molar-refractivity contribution in [2.75, 3.05) is 6.61 Å². The van der Waals surface area contributed by atoms with Crippen molar-refractivity contribution in [3.05, 3.63) is 0 Å². The molecule has 13 heavy (non-hydrogen) atoms. The minimum atomic E-state index is -0.227. The summed E-state index contributed by atoms with van der Waals surface area (Å²) in [6, 6.07) is 0. The quantitative estimate of drug-likeness (QED) is 0.539. The summed E-state index contributed by atoms with van der Waals surface area (Å²) in [5.74, 6) is -0.0332. The van der Waals surface area contributed by atoms with Crippen LogP contribution in [0.4, 0.5) is 0 Å². The average Bonchev–Trinajstić information content (AvgIpc) is 2.15. The molecule has 0 aromatic heterocycles. The van der Waals surface area contributed by atoms with E-state index in [0.29, 0.717) is 19.4 Å². The number of ether oxygens (including phenoxy) is 1. The van der Waals surface area contributed by atoms with Gasteiger partial charge in [-0.1, -0.05) is 12.8 Å². The Bertz CT molecular complexity index is 167. The third-order valence-electron chi connectivity index (χ3n) is 2.22. The average molecular weight is 184 g/mol. The van der Waals surface area contributed by atoms with Crippen molar-refractivity contribution in [2.24, 2.45) is 0 Å². The van der Waals surface area contributed by atoms with Gasteiger partial charge in [-0.3, -0.25) is 9.59 Å². The van der Waals surface area contributed by atoms with E-state index in [2.05, 4.69) is 0 Å². The molecule has 3 nitrogen and oxygen atoms in total. The summed E-state index contributed by atoms with van der Waals surface area (Å²) in [5, 5.41) is 0. The second-order valence-corrected chi connectivity index (χ2v) is 3.42. The zero-order valence-electron chi connectivity index (χ0n) is 7.88. The summed E-state index contributed by atoms with van der Waals surface area (Å²) < 4.78 is 4.93. The third-order valence-corrected chi connectivity index (χ3v) is 2.22. The smallest absolute Gasteiger partial charge is 0.306 e. The number of cyclic esters (lactones) is 1. The number of hydrogen-bond donors (Lipinski definition) is 0. The molecule has 0 aromatic rings. The van der Waals surface area contributed by atoms with Gasteiger partial charge in [0.05, 0.1) is 13.0 Å². The van der Waals surface area contributed by atoms with Crippen molar-refractivity contribution in [3.8, 4) is 0 Å². The molecule has 0 N–H and O–H groups in total. The Balaban J connectivity index is 2.32. The van der Waals surface area contributed by atoms with E-state index in [1.165, 1.54) is 0 Å². The summed E-state index contributed by atoms with van der Waals surface area (Å²) in [6.45, 7) is 0.521. The molecule has 1 fully saturated rings. The molecule has 74 valence electrons. The van der Waals surface area contributed by atoms with Crippen LogP contribution in [0.2, 0.25) is 0 Å². The van der Waals surface area contributed by atoms with Gasteiger partial charge in [0.25, 0.3) is 0 Å². The highest BCUT2D eigenvalue weighted by atomic mass is 16.5. The number of carbonyl (C=O) groups excluding carboxylic acids is 2. The van der Waals surface area contributed by atoms with Crippen LogP contribution in [0.3, 0.4) is 0 Å². The van der Waals surface area contributed by atoms with Gasteiger partial charge < -0.3 is 4.74 Å². The molecule has 3 heteroatoms. The molecule has 1 aliphatic heterocycles. The summed E-state index contributed by atoms with van der Waals surface area (Å²) in [4.78, 5) is 22.1. The topological polar surface area (TPSA) is 43.4 Å². The van der Waals surface area contributed by atoms with Crippen LogP contribution in [0.15, 0.2) is 0 Å². The van der Waals surface area contributed by atoms with Crippen LogP contribution < -0.4 is 0 Å². The van der Waals surface area contributed by atoms with Crippen molar-refractivity contribution in [1.82, 2.24) is 0 Å². The Morgan fingerprint density at radius 3 is 2.46 bits per heavy atom. The largest absolute Gasteiger partial charge is 0.466 e. The molecule has 0 unspecified atom stereocenters. The van der Waals surface area contributed by atoms with Crippen LogP contribution >= 0.6 is 0 Å². The molecule has 0 amide bonds. The summed E-state index contributed by atoms with van der Waals surface area (Å²) in [7, 11) is 0. The molecule has 0 bridgehead atoms. The van der Waals surface area contributed by atoms with E-state index in [9.17, 15) is 9.59 Å². The molecule has 0 aromatic carbocycles. The first kappa shape index (κ1) is 10.2. The highest BCUT2D eigenvalue weighted by molar-refractivity contribution is 5.82. The second-order valence-electron chi connectivity index (χ2n) is 3.42. The molecule has 0 atom stereocenters. The van der Waals surface area contributed by atoms with Crippen LogP contribution in [-0.4, -0.2) is 18.4 Å². The molecule has 1 rings (SSSR count). The highest BCUT2D eigenvalue weighted by Crippen LogP contribution is 2.08. The predicted molar refractivity (Wildman–Crippen MR) is 48.3 cm³/mol. The number of esters is 1. The Hall–Kier alpha value is -0.860. The molecular formula is C10H16O3. The number of ketones is 1. The maximum absolute atomic E-state index is 11.2. The van der Waals surface area contributed by atoms with E-state index < -0.39 is 0 Å². The van der Waals surface area contributed by atoms with Crippen LogP contribution in [0, 0.1) is 0 Å². The maximum atomic E-state index is 11.2. The fraction of sp³-hybridized carbons (Fsp3) is 0.800. The van der Waals surface area contributed by atoms with E-state index in [-0.39, 0.29) is 18.2 Å². The van der Waals surface area contributed by atoms with Gasteiger partial charge in [0.15, 0.2) is 0 Å². The number of Topliss-reactive ketones (excluding diaryl/α,β-unsaturated/α-hetero) is 1. The zero-order valence-corrected chi connectivity index (χ0v) is 7.88. The number of hydrogen-bond acceptors (Lipinski definition) is 3. The molecular weight excluding hydrogens is 168 g/mol. The Morgan fingerprint density at radius 1 is 0.846 bits per heavy atom. The molecule has 1 saturated heterocycles. The molecule has 0 spiro atoms. The zero-order chi connectivity index (χ0) is 9.52. The second kappa shape index (κ2) is 5.73. The summed E-state index contributed by atoms with van der Waals surface area (Å²) in [5.41, 5.74) is 0. The van der Waals surface area contributed by atoms with Crippen molar-refractivity contribution >= 4 is 11.8 Å². The lowest BCUT2D eigenvalue weighted by Crippen LogP contribution is -2.07. The monoisotopic (exact) mass is 184 g/mol. The molecule has 0 aliphatic carbocycles. The van der Waals surface area contributed by atoms with Gasteiger partial charge in [-0.05, 0) is 12.8 Å². The van der Waals surface area contributed by atoms with E-state index in [1.54, 1.807) is 0 Å². The lowest BCUT2D eigenvalue weighted by Gasteiger charge is -2.01. The van der Waals surface area contributed by atoms with Gasteiger partial charge in [-0.15, -0.1) is 0 Å². The normalized spacial score (nSPS) is 21.8. The lowest BCUT2D eigenvalue weighted by atomic mass is 10.1. The van der Waals surface area contributed by atoms with Gasteiger partial charge in [-0.25, -0.2) is 0 Å². The van der Waals surface area contributed by atoms with Crippen molar-refractivity contribution in [2.45, 2.75) is 44.9 Å². The Morgan fingerprint density at radius 2 is 1.62 bits per heavy atom. The molecule has 0 saturated carbocycles. The van der Waals surface area contributed by atoms with Crippen molar-refractivity contribution in [1.29, 1.82) is 0 Å². The van der Waals surface area contributed by atoms with Gasteiger partial charge >= 0.3 is 5.97 Å². The Kier molecular flexibility index (Phi) is 4.50. The standard InChI is InChI=1S/C10H16O3/c11-9-5-3-1-2-4-8-13-10(12)7-6-9/h1-8H2. The van der Waals surface area contributed by atoms with Gasteiger partial charge in [-0.2, -0.15) is 0 Å². The predicted octanol–water partition coefficient (Wildman–Crippen LogP) is 1.84. The van der Waals surface area contributed by atoms with Crippen LogP contribution in [-0.2, 0) is 14.3 Å². The lowest BCUT2D eigenvalue weighted by molar-refractivity contribution is -0.144. The van der Waals surface area contributed by atoms with Gasteiger partial charge in [0.2, 0.25) is 0 Å². The van der Waals surface area contributed by atoms with Crippen molar-refractivity contribution in [3.63, 3.8) is 0 Å². The Labute approximate surface area is 78.5 Å². The summed E-state index contributed by atoms with van der Waals surface area (Å²) in [6.07, 6.45) is 5.28. The minimum absolute atomic E-state index is 0.193. The van der Waals surface area contributed by atoms with Crippen molar-refractivity contribution < 1.29 is 14.3 Å². The fourth-order valence-electron chi connectivity index (χ4n) is 1.40. The fourth-order valence-corrected chi connectivity index (χ4v) is 1.40. The SMILES string of the molecule is O=C1CCCCCCOC(=O)CC1. The van der Waals surface area contributed by atoms with Crippen LogP contribution in [0.1, 0.15) is 44.9 Å². The number of carbonyl (C=O) groups is 2. The third kappa shape index (κ3) is 4.65. The number of rotatable bonds is 0. The van der Waals surface area contributed by atoms with Crippen LogP contribution in [0.25, 0.3) is 0 Å². The van der Waals surface area contributed by atoms with E-state index in [1.807, 2.05) is 0 Å². The molecule has 0 radical (unpaired) electrons. The minimum Gasteiger partial charge on any atom is -0.466 e. The highest BCUT2D eigenvalue weighted by Gasteiger charge is 2.09. The molecule has 1 heterocycles. The van der Waals surface area contributed by atoms with E-state index in [0.717, 1.165) is 25.7 Å². The van der Waals surface area contributed by atoms with E-state index >= 15 is 0 Å². The van der Waals surface area contributed by atoms with Gasteiger partial charge in [0.1, 0.15) is 5.78 Å². The molecule has 1 aliphatic rings. The first-order chi connectivity index (χ1) is 6.29. The van der Waals surface area contributed by atoms with E-state index in [4.69, 9.17) is 4.74 Å². The summed E-state index contributed by atoms with van der Waals surface area (Å²) >= 11 is 0. The first-order valence-electron chi connectivity index (χ1n) is 4.96. The first-order valence-corrected chi connectivity index (χ1v) is 4.96. The maximum Gasteiger partial charge on any atom is 0.306 e. The van der Waals surface area contributed by atoms with Gasteiger partial charge in [0, 0.05) is 12.8 Å². The van der Waals surface area contributed by atoms with Crippen LogP contribution in [0.5, 0.6) is 0 Å².